The highest BCUT2D eigenvalue weighted by atomic mass is 16.2. The smallest absolute Gasteiger partial charge is 0.228 e. The number of anilines is 1. The lowest BCUT2D eigenvalue weighted by Crippen LogP contribution is -2.25. The molecule has 0 saturated heterocycles. The van der Waals surface area contributed by atoms with E-state index in [1.54, 1.807) is 0 Å². The first-order valence-electron chi connectivity index (χ1n) is 9.12. The number of aromatic amines is 1. The van der Waals surface area contributed by atoms with Crippen LogP contribution in [0.25, 0.3) is 11.4 Å². The van der Waals surface area contributed by atoms with Crippen molar-refractivity contribution >= 4 is 11.6 Å². The number of rotatable bonds is 3. The molecule has 1 aromatic heterocycles. The number of nitrogens with zero attached hydrogens (tertiary/aromatic N) is 2. The fraction of sp³-hybridized carbons (Fsp3) is 0.286. The van der Waals surface area contributed by atoms with Gasteiger partial charge in [0.25, 0.3) is 0 Å². The molecule has 1 fully saturated rings. The summed E-state index contributed by atoms with van der Waals surface area (Å²) in [4.78, 5) is 17.2. The zero-order chi connectivity index (χ0) is 17.6. The maximum absolute atomic E-state index is 13.0. The average molecular weight is 344 g/mol. The Labute approximate surface area is 151 Å². The van der Waals surface area contributed by atoms with Crippen molar-refractivity contribution in [2.45, 2.75) is 31.1 Å². The number of carbonyl (C=O) groups is 1. The van der Waals surface area contributed by atoms with Gasteiger partial charge in [0, 0.05) is 16.9 Å². The van der Waals surface area contributed by atoms with E-state index >= 15 is 0 Å². The topological polar surface area (TPSA) is 70.7 Å². The molecule has 3 aromatic rings. The first-order chi connectivity index (χ1) is 12.8. The van der Waals surface area contributed by atoms with Gasteiger partial charge in [0.1, 0.15) is 6.33 Å². The number of hydrogen-bond donors (Lipinski definition) is 2. The zero-order valence-electron chi connectivity index (χ0n) is 14.4. The third kappa shape index (κ3) is 2.35. The van der Waals surface area contributed by atoms with Crippen LogP contribution in [-0.2, 0) is 16.6 Å². The molecule has 0 bridgehead atoms. The first kappa shape index (κ1) is 15.3. The Morgan fingerprint density at radius 1 is 1.15 bits per heavy atom. The van der Waals surface area contributed by atoms with Crippen molar-refractivity contribution in [3.05, 3.63) is 66.0 Å². The largest absolute Gasteiger partial charge is 0.325 e. The van der Waals surface area contributed by atoms with E-state index in [0.29, 0.717) is 5.82 Å². The maximum atomic E-state index is 13.0. The number of aromatic nitrogens is 3. The van der Waals surface area contributed by atoms with Gasteiger partial charge in [-0.2, -0.15) is 5.10 Å². The van der Waals surface area contributed by atoms with Gasteiger partial charge in [-0.1, -0.05) is 36.4 Å². The van der Waals surface area contributed by atoms with Gasteiger partial charge in [-0.3, -0.25) is 9.89 Å². The average Bonchev–Trinajstić information content (AvgIpc) is 3.13. The summed E-state index contributed by atoms with van der Waals surface area (Å²) < 4.78 is 0. The monoisotopic (exact) mass is 344 g/mol. The van der Waals surface area contributed by atoms with Gasteiger partial charge in [-0.05, 0) is 48.9 Å². The van der Waals surface area contributed by atoms with Gasteiger partial charge < -0.3 is 5.32 Å². The molecule has 1 spiro atoms. The summed E-state index contributed by atoms with van der Waals surface area (Å²) in [6.07, 6.45) is 5.81. The van der Waals surface area contributed by atoms with Crippen LogP contribution in [0.4, 0.5) is 5.69 Å². The summed E-state index contributed by atoms with van der Waals surface area (Å²) in [5.41, 5.74) is 4.48. The van der Waals surface area contributed by atoms with E-state index in [0.717, 1.165) is 36.9 Å². The number of hydrogen-bond acceptors (Lipinski definition) is 3. The highest BCUT2D eigenvalue weighted by Crippen LogP contribution is 2.60. The molecule has 0 radical (unpaired) electrons. The standard InChI is InChI=1S/C21H20N4O/c26-20(24-18-10-4-2-8-15(18)19-22-13-23-25-19)17-12-21(17)11-5-7-14-6-1-3-9-16(14)21/h1-4,6,8-10,13,17H,5,7,11-12H2,(H,24,26)(H,22,23,25)/t17-,21+/m1/s1. The van der Waals surface area contributed by atoms with E-state index in [1.165, 1.54) is 17.5 Å². The van der Waals surface area contributed by atoms with Crippen LogP contribution in [-0.4, -0.2) is 21.1 Å². The molecule has 1 amide bonds. The van der Waals surface area contributed by atoms with Crippen LogP contribution in [0.5, 0.6) is 0 Å². The van der Waals surface area contributed by atoms with Gasteiger partial charge in [0.05, 0.1) is 5.69 Å². The summed E-state index contributed by atoms with van der Waals surface area (Å²) in [5, 5.41) is 9.92. The molecule has 2 aliphatic rings. The van der Waals surface area contributed by atoms with Crippen molar-refractivity contribution in [1.29, 1.82) is 0 Å². The number of nitrogens with one attached hydrogen (secondary N) is 2. The Kier molecular flexibility index (Phi) is 3.42. The minimum Gasteiger partial charge on any atom is -0.325 e. The molecule has 1 saturated carbocycles. The van der Waals surface area contributed by atoms with E-state index in [1.807, 2.05) is 24.3 Å². The van der Waals surface area contributed by atoms with Gasteiger partial charge in [-0.25, -0.2) is 4.98 Å². The van der Waals surface area contributed by atoms with Crippen molar-refractivity contribution in [3.8, 4) is 11.4 Å². The fourth-order valence-electron chi connectivity index (χ4n) is 4.53. The van der Waals surface area contributed by atoms with Gasteiger partial charge in [0.15, 0.2) is 5.82 Å². The van der Waals surface area contributed by atoms with Gasteiger partial charge in [-0.15, -0.1) is 0 Å². The Morgan fingerprint density at radius 3 is 2.88 bits per heavy atom. The SMILES string of the molecule is O=C(Nc1ccccc1-c1ncn[nH]1)[C@H]1C[C@]12CCCc1ccccc12. The maximum Gasteiger partial charge on any atom is 0.228 e. The number of carbonyl (C=O) groups excluding carboxylic acids is 1. The number of H-pyrrole nitrogens is 1. The van der Waals surface area contributed by atoms with E-state index in [4.69, 9.17) is 0 Å². The fourth-order valence-corrected chi connectivity index (χ4v) is 4.53. The second kappa shape index (κ2) is 5.80. The van der Waals surface area contributed by atoms with Crippen LogP contribution in [0.3, 0.4) is 0 Å². The molecule has 2 aromatic carbocycles. The molecular formula is C21H20N4O. The molecule has 26 heavy (non-hydrogen) atoms. The van der Waals surface area contributed by atoms with Crippen molar-refractivity contribution in [3.63, 3.8) is 0 Å². The van der Waals surface area contributed by atoms with Crippen LogP contribution in [0.1, 0.15) is 30.4 Å². The zero-order valence-corrected chi connectivity index (χ0v) is 14.4. The summed E-state index contributed by atoms with van der Waals surface area (Å²) in [7, 11) is 0. The minimum absolute atomic E-state index is 0.0418. The predicted octanol–water partition coefficient (Wildman–Crippen LogP) is 3.70. The summed E-state index contributed by atoms with van der Waals surface area (Å²) in [5.74, 6) is 0.815. The molecule has 1 heterocycles. The van der Waals surface area contributed by atoms with Crippen LogP contribution in [0.2, 0.25) is 0 Å². The molecular weight excluding hydrogens is 324 g/mol. The van der Waals surface area contributed by atoms with E-state index < -0.39 is 0 Å². The predicted molar refractivity (Wildman–Crippen MR) is 99.6 cm³/mol. The van der Waals surface area contributed by atoms with Crippen LogP contribution in [0.15, 0.2) is 54.9 Å². The molecule has 5 nitrogen and oxygen atoms in total. The second-order valence-electron chi connectivity index (χ2n) is 7.29. The summed E-state index contributed by atoms with van der Waals surface area (Å²) in [6, 6.07) is 16.3. The molecule has 130 valence electrons. The van der Waals surface area contributed by atoms with Crippen molar-refractivity contribution in [2.75, 3.05) is 5.32 Å². The Morgan fingerprint density at radius 2 is 2.00 bits per heavy atom. The molecule has 5 rings (SSSR count). The molecule has 2 aliphatic carbocycles. The Bertz CT molecular complexity index is 966. The first-order valence-corrected chi connectivity index (χ1v) is 9.12. The van der Waals surface area contributed by atoms with Gasteiger partial charge >= 0.3 is 0 Å². The lowest BCUT2D eigenvalue weighted by molar-refractivity contribution is -0.117. The van der Waals surface area contributed by atoms with E-state index in [2.05, 4.69) is 44.8 Å². The number of benzene rings is 2. The molecule has 0 unspecified atom stereocenters. The lowest BCUT2D eigenvalue weighted by Gasteiger charge is -2.26. The molecule has 0 aliphatic heterocycles. The number of para-hydroxylation sites is 1. The molecule has 2 atom stereocenters. The van der Waals surface area contributed by atoms with Gasteiger partial charge in [0.2, 0.25) is 5.91 Å². The van der Waals surface area contributed by atoms with Crippen molar-refractivity contribution < 1.29 is 4.79 Å². The minimum atomic E-state index is 0.0418. The van der Waals surface area contributed by atoms with Crippen molar-refractivity contribution in [1.82, 2.24) is 15.2 Å². The molecule has 2 N–H and O–H groups in total. The highest BCUT2D eigenvalue weighted by molar-refractivity contribution is 5.99. The van der Waals surface area contributed by atoms with E-state index in [9.17, 15) is 4.79 Å². The quantitative estimate of drug-likeness (QED) is 0.761. The summed E-state index contributed by atoms with van der Waals surface area (Å²) >= 11 is 0. The number of aryl methyl sites for hydroxylation is 1. The third-order valence-electron chi connectivity index (χ3n) is 5.87. The number of amides is 1. The third-order valence-corrected chi connectivity index (χ3v) is 5.87. The van der Waals surface area contributed by atoms with Crippen LogP contribution in [0, 0.1) is 5.92 Å². The van der Waals surface area contributed by atoms with Crippen LogP contribution >= 0.6 is 0 Å². The Balaban J connectivity index is 1.41. The van der Waals surface area contributed by atoms with Crippen molar-refractivity contribution in [2.24, 2.45) is 5.92 Å². The Hall–Kier alpha value is -2.95. The van der Waals surface area contributed by atoms with Crippen LogP contribution < -0.4 is 5.32 Å². The number of fused-ring (bicyclic) bond motifs is 2. The summed E-state index contributed by atoms with van der Waals surface area (Å²) in [6.45, 7) is 0. The highest BCUT2D eigenvalue weighted by Gasteiger charge is 2.60. The normalized spacial score (nSPS) is 23.5. The molecule has 5 heteroatoms. The lowest BCUT2D eigenvalue weighted by atomic mass is 9.78. The van der Waals surface area contributed by atoms with E-state index in [-0.39, 0.29) is 17.2 Å². The second-order valence-corrected chi connectivity index (χ2v) is 7.29.